The van der Waals surface area contributed by atoms with Gasteiger partial charge in [-0.1, -0.05) is 50.1 Å². The maximum atomic E-state index is 4.73. The lowest BCUT2D eigenvalue weighted by molar-refractivity contribution is 0.281. The van der Waals surface area contributed by atoms with Crippen molar-refractivity contribution in [3.8, 4) is 5.69 Å². The first-order chi connectivity index (χ1) is 17.8. The summed E-state index contributed by atoms with van der Waals surface area (Å²) >= 11 is 0. The summed E-state index contributed by atoms with van der Waals surface area (Å²) in [5, 5.41) is 9.51. The third kappa shape index (κ3) is 6.75. The summed E-state index contributed by atoms with van der Waals surface area (Å²) in [4.78, 5) is 10.8. The lowest BCUT2D eigenvalue weighted by Crippen LogP contribution is -2.26. The molecule has 0 atom stereocenters. The van der Waals surface area contributed by atoms with Gasteiger partial charge in [-0.15, -0.1) is 0 Å². The third-order valence-electron chi connectivity index (χ3n) is 7.43. The number of para-hydroxylation sites is 2. The van der Waals surface area contributed by atoms with E-state index in [9.17, 15) is 0 Å². The van der Waals surface area contributed by atoms with Gasteiger partial charge in [0.25, 0.3) is 0 Å². The Bertz CT molecular complexity index is 1290. The van der Waals surface area contributed by atoms with Crippen molar-refractivity contribution in [2.45, 2.75) is 59.9 Å². The van der Waals surface area contributed by atoms with Crippen LogP contribution < -0.4 is 10.2 Å². The molecule has 0 aliphatic heterocycles. The first-order valence-electron chi connectivity index (χ1n) is 13.6. The molecule has 0 saturated heterocycles. The molecule has 2 heterocycles. The zero-order valence-corrected chi connectivity index (χ0v) is 23.3. The Kier molecular flexibility index (Phi) is 8.93. The SMILES string of the molecule is Cc1nc(N(C)C)c2ccccc2n1.Cc1nn(-c2ccccc2)c(C)c1CNCC1CCC(C)CC1. The minimum atomic E-state index is 0.812. The van der Waals surface area contributed by atoms with E-state index in [0.717, 1.165) is 58.9 Å². The van der Waals surface area contributed by atoms with E-state index in [1.54, 1.807) is 0 Å². The molecule has 1 N–H and O–H groups in total. The summed E-state index contributed by atoms with van der Waals surface area (Å²) in [7, 11) is 3.99. The van der Waals surface area contributed by atoms with E-state index in [4.69, 9.17) is 5.10 Å². The van der Waals surface area contributed by atoms with Crippen LogP contribution in [0.1, 0.15) is 55.4 Å². The van der Waals surface area contributed by atoms with Crippen LogP contribution in [0.15, 0.2) is 54.6 Å². The second-order valence-corrected chi connectivity index (χ2v) is 10.7. The normalized spacial score (nSPS) is 17.4. The average Bonchev–Trinajstić information content (AvgIpc) is 3.18. The predicted molar refractivity (Wildman–Crippen MR) is 154 cm³/mol. The topological polar surface area (TPSA) is 58.9 Å². The van der Waals surface area contributed by atoms with Gasteiger partial charge in [-0.25, -0.2) is 14.6 Å². The fraction of sp³-hybridized carbons (Fsp3) is 0.452. The average molecular weight is 499 g/mol. The largest absolute Gasteiger partial charge is 0.362 e. The van der Waals surface area contributed by atoms with Crippen molar-refractivity contribution < 1.29 is 0 Å². The monoisotopic (exact) mass is 498 g/mol. The molecule has 1 saturated carbocycles. The van der Waals surface area contributed by atoms with E-state index in [2.05, 4.69) is 65.0 Å². The Morgan fingerprint density at radius 2 is 1.57 bits per heavy atom. The van der Waals surface area contributed by atoms with E-state index >= 15 is 0 Å². The number of benzene rings is 2. The molecule has 0 amide bonds. The molecular formula is C31H42N6. The van der Waals surface area contributed by atoms with Crippen molar-refractivity contribution in [3.05, 3.63) is 77.4 Å². The van der Waals surface area contributed by atoms with E-state index in [0.29, 0.717) is 0 Å². The third-order valence-corrected chi connectivity index (χ3v) is 7.43. The van der Waals surface area contributed by atoms with Crippen LogP contribution in [-0.2, 0) is 6.54 Å². The van der Waals surface area contributed by atoms with Crippen LogP contribution in [0.25, 0.3) is 16.6 Å². The van der Waals surface area contributed by atoms with Crippen molar-refractivity contribution in [1.29, 1.82) is 0 Å². The van der Waals surface area contributed by atoms with E-state index in [-0.39, 0.29) is 0 Å². The van der Waals surface area contributed by atoms with Gasteiger partial charge < -0.3 is 10.2 Å². The Hall–Kier alpha value is -3.25. The van der Waals surface area contributed by atoms with Crippen LogP contribution in [0.4, 0.5) is 5.82 Å². The molecule has 1 fully saturated rings. The van der Waals surface area contributed by atoms with Crippen molar-refractivity contribution in [3.63, 3.8) is 0 Å². The Morgan fingerprint density at radius 1 is 0.892 bits per heavy atom. The summed E-state index contributed by atoms with van der Waals surface area (Å²) in [6.07, 6.45) is 5.57. The lowest BCUT2D eigenvalue weighted by atomic mass is 9.83. The maximum Gasteiger partial charge on any atom is 0.139 e. The van der Waals surface area contributed by atoms with Gasteiger partial charge in [-0.2, -0.15) is 5.10 Å². The summed E-state index contributed by atoms with van der Waals surface area (Å²) < 4.78 is 2.06. The predicted octanol–water partition coefficient (Wildman–Crippen LogP) is 6.41. The van der Waals surface area contributed by atoms with E-state index in [1.165, 1.54) is 36.9 Å². The fourth-order valence-electron chi connectivity index (χ4n) is 5.20. The van der Waals surface area contributed by atoms with Crippen LogP contribution in [0.2, 0.25) is 0 Å². The molecule has 1 aliphatic rings. The van der Waals surface area contributed by atoms with E-state index < -0.39 is 0 Å². The molecule has 2 aromatic heterocycles. The summed E-state index contributed by atoms with van der Waals surface area (Å²) in [5.41, 5.74) is 5.87. The second kappa shape index (κ2) is 12.3. The van der Waals surface area contributed by atoms with Gasteiger partial charge in [0.15, 0.2) is 0 Å². The van der Waals surface area contributed by atoms with Crippen molar-refractivity contribution in [2.75, 3.05) is 25.5 Å². The molecular weight excluding hydrogens is 456 g/mol. The molecule has 2 aromatic carbocycles. The molecule has 6 nitrogen and oxygen atoms in total. The molecule has 0 radical (unpaired) electrons. The first kappa shape index (κ1) is 26.8. The van der Waals surface area contributed by atoms with Crippen LogP contribution in [0.3, 0.4) is 0 Å². The highest BCUT2D eigenvalue weighted by Crippen LogP contribution is 2.28. The maximum absolute atomic E-state index is 4.73. The molecule has 0 bridgehead atoms. The summed E-state index contributed by atoms with van der Waals surface area (Å²) in [6, 6.07) is 18.5. The highest BCUT2D eigenvalue weighted by molar-refractivity contribution is 5.89. The number of hydrogen-bond acceptors (Lipinski definition) is 5. The van der Waals surface area contributed by atoms with Crippen LogP contribution in [0, 0.1) is 32.6 Å². The quantitative estimate of drug-likeness (QED) is 0.333. The van der Waals surface area contributed by atoms with Gasteiger partial charge in [0.2, 0.25) is 0 Å². The van der Waals surface area contributed by atoms with Crippen molar-refractivity contribution in [1.82, 2.24) is 25.1 Å². The van der Waals surface area contributed by atoms with Gasteiger partial charge in [0.05, 0.1) is 16.9 Å². The van der Waals surface area contributed by atoms with Crippen LogP contribution >= 0.6 is 0 Å². The van der Waals surface area contributed by atoms with Gasteiger partial charge in [0.1, 0.15) is 11.6 Å². The fourth-order valence-corrected chi connectivity index (χ4v) is 5.20. The molecule has 0 spiro atoms. The Morgan fingerprint density at radius 3 is 2.27 bits per heavy atom. The molecule has 0 unspecified atom stereocenters. The molecule has 6 heteroatoms. The first-order valence-corrected chi connectivity index (χ1v) is 13.6. The van der Waals surface area contributed by atoms with Gasteiger partial charge >= 0.3 is 0 Å². The summed E-state index contributed by atoms with van der Waals surface area (Å²) in [5.74, 6) is 3.58. The van der Waals surface area contributed by atoms with Crippen LogP contribution in [-0.4, -0.2) is 40.4 Å². The zero-order valence-electron chi connectivity index (χ0n) is 23.3. The van der Waals surface area contributed by atoms with Gasteiger partial charge in [0, 0.05) is 37.3 Å². The zero-order chi connectivity index (χ0) is 26.4. The minimum Gasteiger partial charge on any atom is -0.362 e. The standard InChI is InChI=1S/C20H29N3.C11H13N3/c1-15-9-11-18(12-10-15)13-21-14-20-16(2)22-23(17(20)3)19-7-5-4-6-8-19;1-8-12-10-7-5-4-6-9(10)11(13-8)14(2)3/h4-8,15,18,21H,9-14H2,1-3H3;4-7H,1-3H3. The van der Waals surface area contributed by atoms with Crippen LogP contribution in [0.5, 0.6) is 0 Å². The molecule has 1 aliphatic carbocycles. The lowest BCUT2D eigenvalue weighted by Gasteiger charge is -2.26. The number of rotatable bonds is 6. The summed E-state index contributed by atoms with van der Waals surface area (Å²) in [6.45, 7) is 10.7. The second-order valence-electron chi connectivity index (χ2n) is 10.7. The molecule has 37 heavy (non-hydrogen) atoms. The van der Waals surface area contributed by atoms with Crippen molar-refractivity contribution in [2.24, 2.45) is 11.8 Å². The highest BCUT2D eigenvalue weighted by atomic mass is 15.3. The van der Waals surface area contributed by atoms with Gasteiger partial charge in [-0.05, 0) is 76.3 Å². The number of hydrogen-bond donors (Lipinski definition) is 1. The smallest absolute Gasteiger partial charge is 0.139 e. The molecule has 4 aromatic rings. The Labute approximate surface area is 222 Å². The number of aryl methyl sites for hydroxylation is 2. The number of fused-ring (bicyclic) bond motifs is 1. The molecule has 5 rings (SSSR count). The number of aromatic nitrogens is 4. The number of nitrogens with zero attached hydrogens (tertiary/aromatic N) is 5. The number of nitrogens with one attached hydrogen (secondary N) is 1. The van der Waals surface area contributed by atoms with E-state index in [1.807, 2.05) is 56.3 Å². The number of anilines is 1. The molecule has 196 valence electrons. The Balaban J connectivity index is 0.000000195. The minimum absolute atomic E-state index is 0.812. The highest BCUT2D eigenvalue weighted by Gasteiger charge is 2.18. The van der Waals surface area contributed by atoms with Crippen molar-refractivity contribution >= 4 is 16.7 Å². The van der Waals surface area contributed by atoms with Gasteiger partial charge in [-0.3, -0.25) is 0 Å².